The molecule has 3 nitrogen and oxygen atoms in total. The zero-order valence-corrected chi connectivity index (χ0v) is 13.9. The van der Waals surface area contributed by atoms with Crippen molar-refractivity contribution in [3.05, 3.63) is 59.7 Å². The number of fused-ring (bicyclic) bond motifs is 1. The van der Waals surface area contributed by atoms with Crippen LogP contribution in [0.4, 0.5) is 11.4 Å². The molecule has 1 unspecified atom stereocenters. The van der Waals surface area contributed by atoms with E-state index >= 15 is 0 Å². The minimum absolute atomic E-state index is 0.0504. The molecule has 0 radical (unpaired) electrons. The summed E-state index contributed by atoms with van der Waals surface area (Å²) in [7, 11) is 0. The Morgan fingerprint density at radius 2 is 1.91 bits per heavy atom. The quantitative estimate of drug-likeness (QED) is 0.925. The Kier molecular flexibility index (Phi) is 4.65. The van der Waals surface area contributed by atoms with Crippen molar-refractivity contribution < 1.29 is 4.79 Å². The van der Waals surface area contributed by atoms with Gasteiger partial charge in [0.05, 0.1) is 6.54 Å². The van der Waals surface area contributed by atoms with Crippen LogP contribution in [0.15, 0.2) is 48.5 Å². The second-order valence-electron chi connectivity index (χ2n) is 6.20. The van der Waals surface area contributed by atoms with E-state index in [9.17, 15) is 4.79 Å². The molecule has 1 atom stereocenters. The molecule has 1 amide bonds. The van der Waals surface area contributed by atoms with Gasteiger partial charge in [-0.3, -0.25) is 4.79 Å². The van der Waals surface area contributed by atoms with Gasteiger partial charge in [0.1, 0.15) is 0 Å². The van der Waals surface area contributed by atoms with Crippen LogP contribution >= 0.6 is 0 Å². The van der Waals surface area contributed by atoms with Gasteiger partial charge in [0.2, 0.25) is 5.91 Å². The molecule has 0 bridgehead atoms. The molecule has 120 valence electrons. The lowest BCUT2D eigenvalue weighted by Crippen LogP contribution is -2.42. The number of para-hydroxylation sites is 2. The van der Waals surface area contributed by atoms with E-state index in [0.717, 1.165) is 24.9 Å². The van der Waals surface area contributed by atoms with Gasteiger partial charge in [-0.05, 0) is 49.4 Å². The summed E-state index contributed by atoms with van der Waals surface area (Å²) in [6.07, 6.45) is 3.10. The van der Waals surface area contributed by atoms with Gasteiger partial charge in [0, 0.05) is 17.4 Å². The Morgan fingerprint density at radius 3 is 2.74 bits per heavy atom. The molecule has 2 aromatic rings. The number of rotatable bonds is 4. The van der Waals surface area contributed by atoms with Gasteiger partial charge < -0.3 is 10.2 Å². The van der Waals surface area contributed by atoms with E-state index in [0.29, 0.717) is 12.6 Å². The molecule has 3 heteroatoms. The molecule has 0 fully saturated rings. The third-order valence-electron chi connectivity index (χ3n) is 4.65. The molecule has 1 aliphatic rings. The minimum atomic E-state index is 0.0504. The first kappa shape index (κ1) is 15.6. The average Bonchev–Trinajstić information content (AvgIpc) is 2.58. The van der Waals surface area contributed by atoms with Gasteiger partial charge in [-0.1, -0.05) is 43.3 Å². The third kappa shape index (κ3) is 3.39. The van der Waals surface area contributed by atoms with Crippen molar-refractivity contribution in [2.45, 2.75) is 39.2 Å². The summed E-state index contributed by atoms with van der Waals surface area (Å²) in [5.41, 5.74) is 4.64. The molecule has 3 rings (SSSR count). The SMILES string of the molecule is CCc1ccccc1NC(=O)CN1c2ccccc2CCC1C. The van der Waals surface area contributed by atoms with E-state index in [4.69, 9.17) is 0 Å². The van der Waals surface area contributed by atoms with Crippen molar-refractivity contribution in [2.24, 2.45) is 0 Å². The number of aryl methyl sites for hydroxylation is 2. The van der Waals surface area contributed by atoms with E-state index in [2.05, 4.69) is 48.3 Å². The molecule has 1 heterocycles. The first-order valence-electron chi connectivity index (χ1n) is 8.41. The number of benzene rings is 2. The summed E-state index contributed by atoms with van der Waals surface area (Å²) >= 11 is 0. The number of nitrogens with one attached hydrogen (secondary N) is 1. The van der Waals surface area contributed by atoms with Crippen molar-refractivity contribution in [2.75, 3.05) is 16.8 Å². The van der Waals surface area contributed by atoms with Crippen LogP contribution in [0.2, 0.25) is 0 Å². The number of amides is 1. The zero-order chi connectivity index (χ0) is 16.2. The number of hydrogen-bond acceptors (Lipinski definition) is 2. The molecule has 1 N–H and O–H groups in total. The molecule has 1 aliphatic heterocycles. The van der Waals surface area contributed by atoms with Crippen LogP contribution in [0.5, 0.6) is 0 Å². The number of carbonyl (C=O) groups is 1. The summed E-state index contributed by atoms with van der Waals surface area (Å²) in [5, 5.41) is 3.08. The van der Waals surface area contributed by atoms with Crippen molar-refractivity contribution in [1.29, 1.82) is 0 Å². The number of carbonyl (C=O) groups excluding carboxylic acids is 1. The second-order valence-corrected chi connectivity index (χ2v) is 6.20. The predicted octanol–water partition coefficient (Wildman–Crippen LogP) is 4.03. The molecule has 0 saturated carbocycles. The molecular weight excluding hydrogens is 284 g/mol. The van der Waals surface area contributed by atoms with Crippen LogP contribution in [0.25, 0.3) is 0 Å². The van der Waals surface area contributed by atoms with Crippen LogP contribution in [-0.4, -0.2) is 18.5 Å². The Balaban J connectivity index is 1.75. The molecular formula is C20H24N2O. The van der Waals surface area contributed by atoms with Crippen LogP contribution < -0.4 is 10.2 Å². The van der Waals surface area contributed by atoms with Gasteiger partial charge in [-0.25, -0.2) is 0 Å². The largest absolute Gasteiger partial charge is 0.359 e. The van der Waals surface area contributed by atoms with Crippen LogP contribution in [0.1, 0.15) is 31.4 Å². The highest BCUT2D eigenvalue weighted by Gasteiger charge is 2.24. The lowest BCUT2D eigenvalue weighted by atomic mass is 9.96. The maximum Gasteiger partial charge on any atom is 0.243 e. The Bertz CT molecular complexity index is 696. The fourth-order valence-corrected chi connectivity index (χ4v) is 3.30. The highest BCUT2D eigenvalue weighted by Crippen LogP contribution is 2.30. The van der Waals surface area contributed by atoms with Gasteiger partial charge >= 0.3 is 0 Å². The van der Waals surface area contributed by atoms with Crippen molar-refractivity contribution in [1.82, 2.24) is 0 Å². The van der Waals surface area contributed by atoms with Crippen LogP contribution in [0.3, 0.4) is 0 Å². The van der Waals surface area contributed by atoms with Crippen LogP contribution in [0, 0.1) is 0 Å². The first-order valence-corrected chi connectivity index (χ1v) is 8.41. The van der Waals surface area contributed by atoms with Crippen molar-refractivity contribution in [3.8, 4) is 0 Å². The van der Waals surface area contributed by atoms with Crippen molar-refractivity contribution in [3.63, 3.8) is 0 Å². The summed E-state index contributed by atoms with van der Waals surface area (Å²) in [6.45, 7) is 4.70. The van der Waals surface area contributed by atoms with Gasteiger partial charge in [-0.15, -0.1) is 0 Å². The van der Waals surface area contributed by atoms with Gasteiger partial charge in [0.15, 0.2) is 0 Å². The molecule has 0 aliphatic carbocycles. The number of hydrogen-bond donors (Lipinski definition) is 1. The lowest BCUT2D eigenvalue weighted by Gasteiger charge is -2.36. The Hall–Kier alpha value is -2.29. The predicted molar refractivity (Wildman–Crippen MR) is 96.0 cm³/mol. The minimum Gasteiger partial charge on any atom is -0.359 e. The maximum atomic E-state index is 12.6. The fraction of sp³-hybridized carbons (Fsp3) is 0.350. The number of nitrogens with zero attached hydrogens (tertiary/aromatic N) is 1. The van der Waals surface area contributed by atoms with Gasteiger partial charge in [0.25, 0.3) is 0 Å². The van der Waals surface area contributed by atoms with E-state index in [-0.39, 0.29) is 5.91 Å². The fourth-order valence-electron chi connectivity index (χ4n) is 3.30. The van der Waals surface area contributed by atoms with E-state index < -0.39 is 0 Å². The Labute approximate surface area is 138 Å². The standard InChI is InChI=1S/C20H24N2O/c1-3-16-8-4-6-10-18(16)21-20(23)14-22-15(2)12-13-17-9-5-7-11-19(17)22/h4-11,15H,3,12-14H2,1-2H3,(H,21,23). The smallest absolute Gasteiger partial charge is 0.243 e. The first-order chi connectivity index (χ1) is 11.2. The zero-order valence-electron chi connectivity index (χ0n) is 13.9. The third-order valence-corrected chi connectivity index (χ3v) is 4.65. The normalized spacial score (nSPS) is 16.8. The average molecular weight is 308 g/mol. The van der Waals surface area contributed by atoms with Gasteiger partial charge in [-0.2, -0.15) is 0 Å². The van der Waals surface area contributed by atoms with E-state index in [1.807, 2.05) is 24.3 Å². The second kappa shape index (κ2) is 6.86. The summed E-state index contributed by atoms with van der Waals surface area (Å²) < 4.78 is 0. The van der Waals surface area contributed by atoms with Crippen LogP contribution in [-0.2, 0) is 17.6 Å². The van der Waals surface area contributed by atoms with E-state index in [1.165, 1.54) is 16.8 Å². The molecule has 0 spiro atoms. The van der Waals surface area contributed by atoms with E-state index in [1.54, 1.807) is 0 Å². The summed E-state index contributed by atoms with van der Waals surface area (Å²) in [6, 6.07) is 16.8. The highest BCUT2D eigenvalue weighted by atomic mass is 16.2. The maximum absolute atomic E-state index is 12.6. The molecule has 0 saturated heterocycles. The van der Waals surface area contributed by atoms with Crippen molar-refractivity contribution >= 4 is 17.3 Å². The topological polar surface area (TPSA) is 32.3 Å². The molecule has 23 heavy (non-hydrogen) atoms. The summed E-state index contributed by atoms with van der Waals surface area (Å²) in [4.78, 5) is 14.8. The molecule has 2 aromatic carbocycles. The highest BCUT2D eigenvalue weighted by molar-refractivity contribution is 5.95. The lowest BCUT2D eigenvalue weighted by molar-refractivity contribution is -0.115. The number of anilines is 2. The Morgan fingerprint density at radius 1 is 1.17 bits per heavy atom. The summed E-state index contributed by atoms with van der Waals surface area (Å²) in [5.74, 6) is 0.0504. The monoisotopic (exact) mass is 308 g/mol. The molecule has 0 aromatic heterocycles.